The number of hydrogen-bond acceptors (Lipinski definition) is 10. The first-order valence-corrected chi connectivity index (χ1v) is 4.80. The summed E-state index contributed by atoms with van der Waals surface area (Å²) in [7, 11) is -2.98. The Balaban J connectivity index is -0.000000150. The zero-order chi connectivity index (χ0) is 17.6. The molecule has 0 aromatic carbocycles. The van der Waals surface area contributed by atoms with E-state index in [0.717, 1.165) is 0 Å². The first-order chi connectivity index (χ1) is 9.38. The fourth-order valence-corrected chi connectivity index (χ4v) is 0.742. The van der Waals surface area contributed by atoms with Crippen LogP contribution in [0, 0.1) is 0 Å². The monoisotopic (exact) mass is 360 g/mol. The molecule has 0 radical (unpaired) electrons. The predicted octanol–water partition coefficient (Wildman–Crippen LogP) is -1.31. The van der Waals surface area contributed by atoms with Crippen LogP contribution in [0.15, 0.2) is 0 Å². The fourth-order valence-electron chi connectivity index (χ4n) is 0.247. The van der Waals surface area contributed by atoms with Crippen molar-refractivity contribution in [3.05, 3.63) is 0 Å². The summed E-state index contributed by atoms with van der Waals surface area (Å²) in [6, 6.07) is 0. The number of carboxylic acid groups (broad SMARTS) is 7. The van der Waals surface area contributed by atoms with Crippen molar-refractivity contribution in [2.75, 3.05) is 0 Å². The molecule has 0 heterocycles. The molecule has 0 rings (SSSR count). The molecule has 0 aromatic heterocycles. The van der Waals surface area contributed by atoms with Gasteiger partial charge in [0.25, 0.3) is 0 Å². The molecule has 5 N–H and O–H groups in total. The van der Waals surface area contributed by atoms with Crippen LogP contribution in [0.1, 0.15) is 0 Å². The van der Waals surface area contributed by atoms with Gasteiger partial charge in [-0.2, -0.15) is 0 Å². The Kier molecular flexibility index (Phi) is 21.0. The molecule has 0 aliphatic carbocycles. The topological polar surface area (TPSA) is 260 Å². The van der Waals surface area contributed by atoms with Gasteiger partial charge in [-0.05, 0) is 0 Å². The Morgan fingerprint density at radius 3 is 0.864 bits per heavy atom. The van der Waals surface area contributed by atoms with E-state index < -0.39 is 39.4 Å². The molecule has 0 saturated carbocycles. The second-order valence-corrected chi connectivity index (χ2v) is 2.82. The summed E-state index contributed by atoms with van der Waals surface area (Å²) in [4.78, 5) is 46.4. The van der Waals surface area contributed by atoms with Crippen LogP contribution in [0.25, 0.3) is 0 Å². The van der Waals surface area contributed by atoms with Crippen molar-refractivity contribution in [1.82, 2.24) is 0 Å². The molecule has 122 valence electrons. The first kappa shape index (κ1) is 27.8. The third kappa shape index (κ3) is 52.7. The van der Waals surface area contributed by atoms with Crippen LogP contribution in [-0.4, -0.2) is 79.4 Å². The van der Waals surface area contributed by atoms with Crippen LogP contribution in [0.2, 0.25) is 0 Å². The molecule has 0 saturated heterocycles. The van der Waals surface area contributed by atoms with E-state index >= 15 is 0 Å². The van der Waals surface area contributed by atoms with Gasteiger partial charge in [-0.25, -0.2) is 14.4 Å². The van der Waals surface area contributed by atoms with Gasteiger partial charge in [-0.3, -0.25) is 0 Å². The van der Waals surface area contributed by atoms with Crippen LogP contribution in [-0.2, 0) is 13.6 Å². The number of rotatable bonds is 3. The molecule has 0 aromatic rings. The second-order valence-electron chi connectivity index (χ2n) is 1.83. The van der Waals surface area contributed by atoms with Crippen molar-refractivity contribution in [2.24, 2.45) is 0 Å². The van der Waals surface area contributed by atoms with E-state index in [9.17, 15) is 14.4 Å². The molecule has 0 fully saturated rings. The molecule has 15 nitrogen and oxygen atoms in total. The van der Waals surface area contributed by atoms with Gasteiger partial charge in [0.2, 0.25) is 12.3 Å². The van der Waals surface area contributed by atoms with E-state index in [4.69, 9.17) is 45.3 Å². The zero-order valence-electron chi connectivity index (χ0n) is 9.97. The number of carbonyl (C=O) groups is 5. The van der Waals surface area contributed by atoms with Crippen LogP contribution < -0.4 is 10.2 Å². The largest absolute Gasteiger partial charge is 2.00 e. The summed E-state index contributed by atoms with van der Waals surface area (Å²) in [6.45, 7) is 0. The van der Waals surface area contributed by atoms with E-state index in [-0.39, 0.29) is 23.1 Å². The standard InChI is InChI=1S/C3H3O9P.2CH2O3.Mg/c4-1(5)10-13(11-2(6)7)12-3(8)9;2*2-1(3)4;/h(H,4,5)(H,6,7)(H,8,9);2*(H2,2,3,4);/q;;;+2/p-2. The van der Waals surface area contributed by atoms with E-state index in [1.54, 1.807) is 0 Å². The molecule has 0 aliphatic rings. The van der Waals surface area contributed by atoms with Gasteiger partial charge in [0.1, 0.15) is 0 Å². The number of hydrogen-bond donors (Lipinski definition) is 5. The molecule has 0 spiro atoms. The molecule has 0 aliphatic heterocycles. The zero-order valence-corrected chi connectivity index (χ0v) is 12.3. The van der Waals surface area contributed by atoms with Crippen molar-refractivity contribution in [2.45, 2.75) is 0 Å². The summed E-state index contributed by atoms with van der Waals surface area (Å²) in [6.07, 6.45) is -9.89. The maximum Gasteiger partial charge on any atom is 2.00 e. The summed E-state index contributed by atoms with van der Waals surface area (Å²) in [5, 5.41) is 54.5. The summed E-state index contributed by atoms with van der Waals surface area (Å²) in [5.41, 5.74) is 0. The molecular weight excluding hydrogens is 355 g/mol. The fraction of sp³-hybridized carbons (Fsp3) is 0. The summed E-state index contributed by atoms with van der Waals surface area (Å²) in [5.74, 6) is 0. The molecular formula is C5H5MgO15P. The smallest absolute Gasteiger partial charge is 0.565 e. The molecule has 0 unspecified atom stereocenters. The van der Waals surface area contributed by atoms with E-state index in [2.05, 4.69) is 13.6 Å². The minimum atomic E-state index is -2.98. The normalized spacial score (nSPS) is 7.50. The van der Waals surface area contributed by atoms with Gasteiger partial charge in [0.05, 0.1) is 0 Å². The average molecular weight is 360 g/mol. The molecule has 0 atom stereocenters. The maximum absolute atomic E-state index is 9.82. The van der Waals surface area contributed by atoms with Crippen molar-refractivity contribution >= 4 is 62.4 Å². The second kappa shape index (κ2) is 16.6. The maximum atomic E-state index is 9.82. The Morgan fingerprint density at radius 2 is 0.773 bits per heavy atom. The molecule has 0 amide bonds. The van der Waals surface area contributed by atoms with Gasteiger partial charge in [-0.15, -0.1) is 0 Å². The third-order valence-electron chi connectivity index (χ3n) is 0.458. The van der Waals surface area contributed by atoms with Gasteiger partial charge in [0, 0.05) is 0 Å². The van der Waals surface area contributed by atoms with Gasteiger partial charge in [-0.1, -0.05) is 0 Å². The van der Waals surface area contributed by atoms with Crippen molar-refractivity contribution in [3.63, 3.8) is 0 Å². The summed E-state index contributed by atoms with van der Waals surface area (Å²) < 4.78 is 10.9. The van der Waals surface area contributed by atoms with Crippen LogP contribution in [0.3, 0.4) is 0 Å². The minimum absolute atomic E-state index is 0. The van der Waals surface area contributed by atoms with Crippen LogP contribution in [0.4, 0.5) is 24.0 Å². The first-order valence-electron chi connectivity index (χ1n) is 3.71. The van der Waals surface area contributed by atoms with Crippen LogP contribution in [0.5, 0.6) is 0 Å². The minimum Gasteiger partial charge on any atom is -0.565 e. The van der Waals surface area contributed by atoms with Crippen LogP contribution >= 0.6 is 8.60 Å². The quantitative estimate of drug-likeness (QED) is 0.289. The van der Waals surface area contributed by atoms with Crippen molar-refractivity contribution in [3.8, 4) is 0 Å². The van der Waals surface area contributed by atoms with Gasteiger partial charge >= 0.3 is 50.1 Å². The van der Waals surface area contributed by atoms with Gasteiger partial charge < -0.3 is 58.9 Å². The Labute approximate surface area is 136 Å². The predicted molar refractivity (Wildman–Crippen MR) is 56.1 cm³/mol. The molecule has 22 heavy (non-hydrogen) atoms. The van der Waals surface area contributed by atoms with Crippen molar-refractivity contribution < 1.29 is 73.3 Å². The molecule has 17 heteroatoms. The average Bonchev–Trinajstić information content (AvgIpc) is 2.10. The van der Waals surface area contributed by atoms with E-state index in [1.165, 1.54) is 0 Å². The third-order valence-corrected chi connectivity index (χ3v) is 1.37. The Morgan fingerprint density at radius 1 is 0.636 bits per heavy atom. The van der Waals surface area contributed by atoms with E-state index in [1.807, 2.05) is 0 Å². The Bertz CT molecular complexity index is 322. The summed E-state index contributed by atoms with van der Waals surface area (Å²) >= 11 is 0. The SMILES string of the molecule is O=C(O)OP(OC(=O)O)OC(=O)O.O=C([O-])O.O=C([O-])O.[Mg+2]. The van der Waals surface area contributed by atoms with Crippen molar-refractivity contribution in [1.29, 1.82) is 0 Å². The molecule has 0 bridgehead atoms. The van der Waals surface area contributed by atoms with E-state index in [0.29, 0.717) is 0 Å². The van der Waals surface area contributed by atoms with Gasteiger partial charge in [0.15, 0.2) is 0 Å². The Hall–Kier alpha value is -2.45.